The number of nitrogens with one attached hydrogen (secondary N) is 3. The normalized spacial score (nSPS) is 10.7. The highest BCUT2D eigenvalue weighted by Gasteiger charge is 2.22. The molecule has 3 N–H and O–H groups in total. The average Bonchev–Trinajstić information content (AvgIpc) is 3.14. The smallest absolute Gasteiger partial charge is 0.320 e. The molecule has 0 unspecified atom stereocenters. The van der Waals surface area contributed by atoms with Crippen LogP contribution in [0, 0.1) is 12.7 Å². The van der Waals surface area contributed by atoms with Crippen LogP contribution >= 0.6 is 23.2 Å². The van der Waals surface area contributed by atoms with E-state index in [2.05, 4.69) is 16.1 Å². The summed E-state index contributed by atoms with van der Waals surface area (Å²) < 4.78 is 14.6. The summed E-state index contributed by atoms with van der Waals surface area (Å²) in [5.74, 6) is -3.23. The van der Waals surface area contributed by atoms with Gasteiger partial charge in [0.15, 0.2) is 0 Å². The van der Waals surface area contributed by atoms with E-state index in [0.717, 1.165) is 6.07 Å². The molecular weight excluding hydrogens is 482 g/mol. The van der Waals surface area contributed by atoms with Crippen molar-refractivity contribution in [1.29, 1.82) is 0 Å². The highest BCUT2D eigenvalue weighted by atomic mass is 35.5. The SMILES string of the molecule is Cc1c(Cl)cccc1NC(=O)c1cc2cc(Cl)ccc2n1NC(=O)C(=O)Nc1cccc(F)c1. The van der Waals surface area contributed by atoms with E-state index in [-0.39, 0.29) is 11.4 Å². The Morgan fingerprint density at radius 2 is 1.65 bits per heavy atom. The van der Waals surface area contributed by atoms with Gasteiger partial charge in [-0.15, -0.1) is 0 Å². The predicted molar refractivity (Wildman–Crippen MR) is 130 cm³/mol. The molecular formula is C24H17Cl2FN4O3. The molecule has 10 heteroatoms. The van der Waals surface area contributed by atoms with Gasteiger partial charge in [-0.25, -0.2) is 9.07 Å². The first-order valence-electron chi connectivity index (χ1n) is 9.98. The zero-order valence-corrected chi connectivity index (χ0v) is 19.2. The minimum absolute atomic E-state index is 0.0450. The van der Waals surface area contributed by atoms with Gasteiger partial charge in [-0.1, -0.05) is 35.3 Å². The lowest BCUT2D eigenvalue weighted by atomic mass is 10.2. The highest BCUT2D eigenvalue weighted by molar-refractivity contribution is 6.42. The molecule has 4 rings (SSSR count). The Bertz CT molecular complexity index is 1450. The second kappa shape index (κ2) is 9.54. The van der Waals surface area contributed by atoms with E-state index in [1.165, 1.54) is 28.9 Å². The van der Waals surface area contributed by atoms with Gasteiger partial charge in [0.2, 0.25) is 0 Å². The van der Waals surface area contributed by atoms with E-state index in [1.54, 1.807) is 43.3 Å². The summed E-state index contributed by atoms with van der Waals surface area (Å²) in [5, 5.41) is 6.54. The molecule has 1 aromatic heterocycles. The Labute approximate surface area is 203 Å². The first-order valence-corrected chi connectivity index (χ1v) is 10.7. The van der Waals surface area contributed by atoms with E-state index in [1.807, 2.05) is 0 Å². The molecule has 0 fully saturated rings. The first-order chi connectivity index (χ1) is 16.2. The zero-order valence-electron chi connectivity index (χ0n) is 17.7. The zero-order chi connectivity index (χ0) is 24.4. The molecule has 34 heavy (non-hydrogen) atoms. The molecule has 0 saturated heterocycles. The molecule has 0 aliphatic heterocycles. The number of aromatic nitrogens is 1. The van der Waals surface area contributed by atoms with Crippen LogP contribution in [0.1, 0.15) is 16.1 Å². The fourth-order valence-electron chi connectivity index (χ4n) is 3.31. The summed E-state index contributed by atoms with van der Waals surface area (Å²) in [6.45, 7) is 1.76. The Morgan fingerprint density at radius 3 is 2.41 bits per heavy atom. The monoisotopic (exact) mass is 498 g/mol. The van der Waals surface area contributed by atoms with E-state index in [9.17, 15) is 18.8 Å². The maximum absolute atomic E-state index is 13.4. The van der Waals surface area contributed by atoms with E-state index in [4.69, 9.17) is 23.2 Å². The van der Waals surface area contributed by atoms with Crippen LogP contribution in [0.5, 0.6) is 0 Å². The average molecular weight is 499 g/mol. The van der Waals surface area contributed by atoms with Crippen molar-refractivity contribution in [3.8, 4) is 0 Å². The molecule has 3 aromatic carbocycles. The number of halogens is 3. The van der Waals surface area contributed by atoms with Crippen molar-refractivity contribution < 1.29 is 18.8 Å². The standard InChI is InChI=1S/C24H17Cl2FN4O3/c1-13-18(26)6-3-7-19(13)29-22(32)21-11-14-10-15(25)8-9-20(14)31(21)30-24(34)23(33)28-17-5-2-4-16(27)12-17/h2-12H,1H3,(H,28,33)(H,29,32)(H,30,34). The number of rotatable bonds is 4. The van der Waals surface area contributed by atoms with Crippen LogP contribution in [-0.2, 0) is 9.59 Å². The molecule has 0 saturated carbocycles. The molecule has 3 amide bonds. The fraction of sp³-hybridized carbons (Fsp3) is 0.0417. The topological polar surface area (TPSA) is 92.2 Å². The van der Waals surface area contributed by atoms with Crippen molar-refractivity contribution in [1.82, 2.24) is 4.68 Å². The molecule has 0 aliphatic rings. The number of carbonyl (C=O) groups is 3. The number of hydrogen-bond donors (Lipinski definition) is 3. The van der Waals surface area contributed by atoms with Gasteiger partial charge in [0, 0.05) is 26.8 Å². The van der Waals surface area contributed by atoms with Crippen molar-refractivity contribution in [3.63, 3.8) is 0 Å². The summed E-state index contributed by atoms with van der Waals surface area (Å²) in [6, 6.07) is 16.5. The molecule has 4 aromatic rings. The Hall–Kier alpha value is -3.88. The van der Waals surface area contributed by atoms with Crippen molar-refractivity contribution in [2.45, 2.75) is 6.92 Å². The van der Waals surface area contributed by atoms with Gasteiger partial charge in [-0.3, -0.25) is 19.8 Å². The van der Waals surface area contributed by atoms with Gasteiger partial charge in [0.05, 0.1) is 5.52 Å². The second-order valence-electron chi connectivity index (χ2n) is 7.34. The van der Waals surface area contributed by atoms with E-state index < -0.39 is 23.5 Å². The van der Waals surface area contributed by atoms with Crippen LogP contribution in [0.3, 0.4) is 0 Å². The third-order valence-corrected chi connectivity index (χ3v) is 5.66. The fourth-order valence-corrected chi connectivity index (χ4v) is 3.66. The van der Waals surface area contributed by atoms with Crippen LogP contribution in [0.15, 0.2) is 66.7 Å². The number of nitrogens with zero attached hydrogens (tertiary/aromatic N) is 1. The largest absolute Gasteiger partial charge is 0.328 e. The molecule has 1 heterocycles. The van der Waals surface area contributed by atoms with E-state index >= 15 is 0 Å². The number of carbonyl (C=O) groups excluding carboxylic acids is 3. The molecule has 0 aliphatic carbocycles. The summed E-state index contributed by atoms with van der Waals surface area (Å²) in [6.07, 6.45) is 0. The van der Waals surface area contributed by atoms with Gasteiger partial charge in [0.1, 0.15) is 11.5 Å². The number of hydrogen-bond acceptors (Lipinski definition) is 3. The van der Waals surface area contributed by atoms with Gasteiger partial charge in [-0.2, -0.15) is 0 Å². The number of anilines is 2. The Kier molecular flexibility index (Phi) is 6.54. The molecule has 172 valence electrons. The summed E-state index contributed by atoms with van der Waals surface area (Å²) in [4.78, 5) is 38.2. The second-order valence-corrected chi connectivity index (χ2v) is 8.18. The van der Waals surface area contributed by atoms with Crippen molar-refractivity contribution in [3.05, 3.63) is 93.8 Å². The number of fused-ring (bicyclic) bond motifs is 1. The predicted octanol–water partition coefficient (Wildman–Crippen LogP) is 5.36. The molecule has 0 atom stereocenters. The third-order valence-electron chi connectivity index (χ3n) is 5.01. The van der Waals surface area contributed by atoms with Crippen molar-refractivity contribution in [2.24, 2.45) is 0 Å². The lowest BCUT2D eigenvalue weighted by molar-refractivity contribution is -0.133. The maximum Gasteiger partial charge on any atom is 0.328 e. The van der Waals surface area contributed by atoms with Crippen molar-refractivity contribution >= 4 is 63.2 Å². The molecule has 0 bridgehead atoms. The van der Waals surface area contributed by atoms with Crippen molar-refractivity contribution in [2.75, 3.05) is 16.1 Å². The maximum atomic E-state index is 13.4. The van der Waals surface area contributed by atoms with Gasteiger partial charge < -0.3 is 10.6 Å². The number of amides is 3. The van der Waals surface area contributed by atoms with E-state index in [0.29, 0.717) is 32.2 Å². The van der Waals surface area contributed by atoms with Crippen LogP contribution in [-0.4, -0.2) is 22.4 Å². The van der Waals surface area contributed by atoms with Gasteiger partial charge >= 0.3 is 11.8 Å². The summed E-state index contributed by atoms with van der Waals surface area (Å²) in [7, 11) is 0. The minimum Gasteiger partial charge on any atom is -0.320 e. The molecule has 0 spiro atoms. The summed E-state index contributed by atoms with van der Waals surface area (Å²) in [5.41, 5.74) is 4.17. The lowest BCUT2D eigenvalue weighted by Crippen LogP contribution is -2.36. The molecule has 7 nitrogen and oxygen atoms in total. The van der Waals surface area contributed by atoms with Gasteiger partial charge in [0.25, 0.3) is 5.91 Å². The quantitative estimate of drug-likeness (QED) is 0.331. The number of benzene rings is 3. The lowest BCUT2D eigenvalue weighted by Gasteiger charge is -2.14. The summed E-state index contributed by atoms with van der Waals surface area (Å²) >= 11 is 12.2. The van der Waals surface area contributed by atoms with Crippen LogP contribution in [0.25, 0.3) is 10.9 Å². The third kappa shape index (κ3) is 4.88. The minimum atomic E-state index is -1.07. The van der Waals surface area contributed by atoms with Crippen LogP contribution in [0.2, 0.25) is 10.0 Å². The first kappa shape index (κ1) is 23.3. The van der Waals surface area contributed by atoms with Gasteiger partial charge in [-0.05, 0) is 67.1 Å². The highest BCUT2D eigenvalue weighted by Crippen LogP contribution is 2.26. The Balaban J connectivity index is 1.65. The Morgan fingerprint density at radius 1 is 0.882 bits per heavy atom. The van der Waals surface area contributed by atoms with Crippen LogP contribution < -0.4 is 16.1 Å². The van der Waals surface area contributed by atoms with Crippen LogP contribution in [0.4, 0.5) is 15.8 Å². The molecule has 0 radical (unpaired) electrons.